The maximum Gasteiger partial charge on any atom is 0.573 e. The van der Waals surface area contributed by atoms with E-state index in [0.717, 1.165) is 6.07 Å². The summed E-state index contributed by atoms with van der Waals surface area (Å²) in [5.41, 5.74) is 0.309. The molecule has 4 aliphatic rings. The van der Waals surface area contributed by atoms with Crippen molar-refractivity contribution in [2.45, 2.75) is 56.7 Å². The number of carbonyl (C=O) groups is 3. The highest BCUT2D eigenvalue weighted by molar-refractivity contribution is 6.24. The zero-order valence-electron chi connectivity index (χ0n) is 22.2. The predicted octanol–water partition coefficient (Wildman–Crippen LogP) is 1.83. The highest BCUT2D eigenvalue weighted by atomic mass is 19.4. The van der Waals surface area contributed by atoms with E-state index < -0.39 is 93.1 Å². The number of ketones is 2. The minimum atomic E-state index is -5.13. The Morgan fingerprint density at radius 1 is 1.27 bits per heavy atom. The minimum Gasteiger partial charge on any atom is -0.510 e. The van der Waals surface area contributed by atoms with Gasteiger partial charge in [0.25, 0.3) is 5.91 Å². The van der Waals surface area contributed by atoms with E-state index in [1.54, 1.807) is 14.0 Å². The molecule has 1 fully saturated rings. The van der Waals surface area contributed by atoms with Gasteiger partial charge in [-0.05, 0) is 57.8 Å². The molecule has 5 atom stereocenters. The molecule has 1 amide bonds. The molecule has 41 heavy (non-hydrogen) atoms. The van der Waals surface area contributed by atoms with Gasteiger partial charge in [0.15, 0.2) is 11.4 Å². The number of aliphatic hydroxyl groups excluding tert-OH is 2. The van der Waals surface area contributed by atoms with Gasteiger partial charge in [-0.1, -0.05) is 6.92 Å². The van der Waals surface area contributed by atoms with Crippen molar-refractivity contribution in [2.75, 3.05) is 20.1 Å². The van der Waals surface area contributed by atoms with E-state index in [0.29, 0.717) is 19.4 Å². The van der Waals surface area contributed by atoms with Crippen molar-refractivity contribution in [2.24, 2.45) is 17.6 Å². The van der Waals surface area contributed by atoms with Crippen LogP contribution in [0.25, 0.3) is 0 Å². The largest absolute Gasteiger partial charge is 0.573 e. The lowest BCUT2D eigenvalue weighted by molar-refractivity contribution is -0.275. The van der Waals surface area contributed by atoms with Crippen LogP contribution in [0.4, 0.5) is 13.2 Å². The fraction of sp³-hybridized carbons (Fsp3) is 0.519. The summed E-state index contributed by atoms with van der Waals surface area (Å²) in [7, 11) is 1.72. The van der Waals surface area contributed by atoms with Crippen LogP contribution in [0.15, 0.2) is 28.7 Å². The number of primary amides is 1. The van der Waals surface area contributed by atoms with E-state index >= 15 is 0 Å². The van der Waals surface area contributed by atoms with Gasteiger partial charge in [0.2, 0.25) is 5.78 Å². The summed E-state index contributed by atoms with van der Waals surface area (Å²) in [6.45, 7) is 2.42. The number of hydrogen-bond donors (Lipinski definition) is 6. The standard InChI is InChI=1S/C27H30F3N3O8/c1-3-32-19-13-8-10-7-12-17(15(34)9-11(14-5-4-6-33(14)2)22(12)41-27(28,29)30)20(35)16(10)23(37)26(13,40)24(38)18(21(19)36)25(31)39/h9-10,13-14,19,32,34,36-37,40H,3-8H2,1-2H3,(H2,31,39)/t10-,13-,14-,19-,26-/m0/s1. The summed E-state index contributed by atoms with van der Waals surface area (Å²) in [6.07, 6.45) is -4.53. The molecule has 1 aromatic carbocycles. The molecule has 0 aromatic heterocycles. The molecule has 0 radical (unpaired) electrons. The summed E-state index contributed by atoms with van der Waals surface area (Å²) in [5.74, 6) is -9.34. The van der Waals surface area contributed by atoms with Crippen molar-refractivity contribution < 1.29 is 52.7 Å². The number of phenols is 1. The number of halogens is 3. The lowest BCUT2D eigenvalue weighted by Crippen LogP contribution is -2.64. The average Bonchev–Trinajstić information content (AvgIpc) is 3.29. The summed E-state index contributed by atoms with van der Waals surface area (Å²) in [5, 5.41) is 47.5. The molecule has 1 aromatic rings. The Labute approximate surface area is 232 Å². The highest BCUT2D eigenvalue weighted by Gasteiger charge is 2.63. The zero-order chi connectivity index (χ0) is 30.2. The van der Waals surface area contributed by atoms with Crippen molar-refractivity contribution in [3.05, 3.63) is 45.4 Å². The molecule has 7 N–H and O–H groups in total. The van der Waals surface area contributed by atoms with Crippen LogP contribution >= 0.6 is 0 Å². The molecule has 0 spiro atoms. The number of nitrogens with one attached hydrogen (secondary N) is 1. The van der Waals surface area contributed by atoms with Gasteiger partial charge in [0, 0.05) is 28.7 Å². The molecular weight excluding hydrogens is 551 g/mol. The second kappa shape index (κ2) is 9.74. The molecule has 5 rings (SSSR count). The molecule has 1 saturated heterocycles. The van der Waals surface area contributed by atoms with Gasteiger partial charge in [0.1, 0.15) is 28.6 Å². The van der Waals surface area contributed by atoms with E-state index in [1.807, 2.05) is 4.90 Å². The summed E-state index contributed by atoms with van der Waals surface area (Å²) < 4.78 is 45.5. The number of phenolic OH excluding ortho intramolecular Hbond substituents is 1. The van der Waals surface area contributed by atoms with Crippen LogP contribution < -0.4 is 15.8 Å². The Balaban J connectivity index is 1.72. The number of Topliss-reactive ketones (excluding diaryl/α,β-unsaturated/α-hetero) is 2. The van der Waals surface area contributed by atoms with Crippen LogP contribution in [0.2, 0.25) is 0 Å². The Hall–Kier alpha value is -3.62. The molecule has 222 valence electrons. The Bertz CT molecular complexity index is 1420. The van der Waals surface area contributed by atoms with E-state index in [4.69, 9.17) is 5.73 Å². The van der Waals surface area contributed by atoms with Crippen molar-refractivity contribution in [1.82, 2.24) is 10.2 Å². The average molecular weight is 582 g/mol. The molecule has 1 aliphatic heterocycles. The number of ether oxygens (including phenoxy) is 1. The number of rotatable bonds is 5. The smallest absolute Gasteiger partial charge is 0.510 e. The number of hydrogen-bond acceptors (Lipinski definition) is 10. The number of aliphatic hydroxyl groups is 3. The number of alkyl halides is 3. The molecule has 14 heteroatoms. The van der Waals surface area contributed by atoms with E-state index in [9.17, 15) is 48.0 Å². The maximum atomic E-state index is 13.8. The number of nitrogens with two attached hydrogens (primary N) is 1. The molecule has 3 aliphatic carbocycles. The number of amides is 1. The van der Waals surface area contributed by atoms with Crippen molar-refractivity contribution in [1.29, 1.82) is 0 Å². The number of likely N-dealkylation sites (N-methyl/N-ethyl adjacent to an activating group) is 1. The molecule has 0 bridgehead atoms. The lowest BCUT2D eigenvalue weighted by Gasteiger charge is -2.49. The van der Waals surface area contributed by atoms with Gasteiger partial charge in [-0.2, -0.15) is 0 Å². The Kier molecular flexibility index (Phi) is 6.86. The van der Waals surface area contributed by atoms with Crippen molar-refractivity contribution in [3.8, 4) is 11.5 Å². The fourth-order valence-electron chi connectivity index (χ4n) is 6.99. The van der Waals surface area contributed by atoms with Gasteiger partial charge in [-0.3, -0.25) is 19.3 Å². The summed E-state index contributed by atoms with van der Waals surface area (Å²) >= 11 is 0. The van der Waals surface area contributed by atoms with E-state index in [1.165, 1.54) is 0 Å². The van der Waals surface area contributed by atoms with Gasteiger partial charge in [-0.25, -0.2) is 0 Å². The molecule has 11 nitrogen and oxygen atoms in total. The molecular formula is C27H30F3N3O8. The van der Waals surface area contributed by atoms with E-state index in [2.05, 4.69) is 10.1 Å². The van der Waals surface area contributed by atoms with Gasteiger partial charge < -0.3 is 36.2 Å². The van der Waals surface area contributed by atoms with Crippen LogP contribution in [0, 0.1) is 11.8 Å². The third kappa shape index (κ3) is 4.27. The molecule has 0 unspecified atom stereocenters. The molecule has 1 heterocycles. The zero-order valence-corrected chi connectivity index (χ0v) is 22.2. The normalized spacial score (nSPS) is 30.3. The Morgan fingerprint density at radius 3 is 2.51 bits per heavy atom. The number of benzene rings is 1. The van der Waals surface area contributed by atoms with Crippen LogP contribution in [-0.4, -0.2) is 80.9 Å². The Morgan fingerprint density at radius 2 is 1.95 bits per heavy atom. The lowest BCUT2D eigenvalue weighted by atomic mass is 9.58. The van der Waals surface area contributed by atoms with Crippen molar-refractivity contribution in [3.63, 3.8) is 0 Å². The van der Waals surface area contributed by atoms with Crippen LogP contribution in [-0.2, 0) is 16.0 Å². The number of allylic oxidation sites excluding steroid dienone is 1. The SMILES string of the molecule is CCN[C@@H]1C(O)=C(C(N)=O)C(=O)[C@@]2(O)C(O)=C3C(=O)c4c(O)cc([C@@H]5CCCN5C)c(OC(F)(F)F)c4C[C@H]3C[C@@H]12. The quantitative estimate of drug-likeness (QED) is 0.281. The third-order valence-corrected chi connectivity index (χ3v) is 8.70. The topological polar surface area (TPSA) is 183 Å². The van der Waals surface area contributed by atoms with Crippen LogP contribution in [0.3, 0.4) is 0 Å². The first-order valence-electron chi connectivity index (χ1n) is 13.2. The monoisotopic (exact) mass is 581 g/mol. The summed E-state index contributed by atoms with van der Waals surface area (Å²) in [4.78, 5) is 41.0. The van der Waals surface area contributed by atoms with Crippen LogP contribution in [0.1, 0.15) is 53.7 Å². The fourth-order valence-corrected chi connectivity index (χ4v) is 6.99. The van der Waals surface area contributed by atoms with Crippen molar-refractivity contribution >= 4 is 17.5 Å². The predicted molar refractivity (Wildman–Crippen MR) is 135 cm³/mol. The van der Waals surface area contributed by atoms with Crippen LogP contribution in [0.5, 0.6) is 11.5 Å². The summed E-state index contributed by atoms with van der Waals surface area (Å²) in [6, 6.07) is -0.742. The first kappa shape index (κ1) is 28.9. The first-order chi connectivity index (χ1) is 19.1. The second-order valence-corrected chi connectivity index (χ2v) is 10.9. The number of likely N-dealkylation sites (tertiary alicyclic amines) is 1. The number of aromatic hydroxyl groups is 1. The van der Waals surface area contributed by atoms with Gasteiger partial charge in [-0.15, -0.1) is 13.2 Å². The number of fused-ring (bicyclic) bond motifs is 3. The van der Waals surface area contributed by atoms with Gasteiger partial charge in [0.05, 0.1) is 11.6 Å². The molecule has 0 saturated carbocycles. The van der Waals surface area contributed by atoms with Gasteiger partial charge >= 0.3 is 6.36 Å². The number of nitrogens with zero attached hydrogens (tertiary/aromatic N) is 1. The third-order valence-electron chi connectivity index (χ3n) is 8.70. The highest BCUT2D eigenvalue weighted by Crippen LogP contribution is 2.54. The van der Waals surface area contributed by atoms with E-state index in [-0.39, 0.29) is 30.5 Å². The second-order valence-electron chi connectivity index (χ2n) is 10.9. The number of carbonyl (C=O) groups excluding carboxylic acids is 3. The maximum absolute atomic E-state index is 13.8. The first-order valence-corrected chi connectivity index (χ1v) is 13.2. The minimum absolute atomic E-state index is 0.0559.